The van der Waals surface area contributed by atoms with Gasteiger partial charge in [0, 0.05) is 12.1 Å². The van der Waals surface area contributed by atoms with E-state index in [-0.39, 0.29) is 11.9 Å². The molecule has 0 aromatic heterocycles. The lowest BCUT2D eigenvalue weighted by Crippen LogP contribution is -2.37. The maximum atomic E-state index is 13.2. The fourth-order valence-corrected chi connectivity index (χ4v) is 3.21. The molecule has 1 fully saturated rings. The van der Waals surface area contributed by atoms with E-state index in [4.69, 9.17) is 0 Å². The van der Waals surface area contributed by atoms with Crippen LogP contribution in [0.15, 0.2) is 24.3 Å². The van der Waals surface area contributed by atoms with Crippen LogP contribution < -0.4 is 5.32 Å². The van der Waals surface area contributed by atoms with Gasteiger partial charge in [-0.25, -0.2) is 4.39 Å². The van der Waals surface area contributed by atoms with E-state index in [1.165, 1.54) is 31.7 Å². The molecular formula is C17H26FN. The van der Waals surface area contributed by atoms with Crippen LogP contribution in [0.4, 0.5) is 4.39 Å². The summed E-state index contributed by atoms with van der Waals surface area (Å²) >= 11 is 0. The Bertz CT molecular complexity index is 402. The summed E-state index contributed by atoms with van der Waals surface area (Å²) in [6.45, 7) is 6.78. The van der Waals surface area contributed by atoms with Crippen molar-refractivity contribution in [2.45, 2.75) is 58.5 Å². The molecule has 0 bridgehead atoms. The average Bonchev–Trinajstić information content (AvgIpc) is 2.39. The predicted octanol–water partition coefficient (Wildman–Crippen LogP) is 4.69. The minimum atomic E-state index is -0.144. The van der Waals surface area contributed by atoms with Gasteiger partial charge in [0.15, 0.2) is 0 Å². The second kappa shape index (κ2) is 6.51. The lowest BCUT2D eigenvalue weighted by atomic mass is 9.79. The molecule has 0 spiro atoms. The van der Waals surface area contributed by atoms with Gasteiger partial charge in [0.1, 0.15) is 5.82 Å². The molecule has 2 rings (SSSR count). The summed E-state index contributed by atoms with van der Waals surface area (Å²) in [6, 6.07) is 7.75. The number of halogens is 1. The molecule has 0 aliphatic heterocycles. The molecule has 0 amide bonds. The number of hydrogen-bond donors (Lipinski definition) is 1. The van der Waals surface area contributed by atoms with Gasteiger partial charge in [-0.05, 0) is 49.3 Å². The molecule has 1 N–H and O–H groups in total. The Morgan fingerprint density at radius 1 is 1.21 bits per heavy atom. The molecule has 1 aliphatic rings. The molecule has 2 heteroatoms. The first-order chi connectivity index (χ1) is 9.06. The van der Waals surface area contributed by atoms with Crippen LogP contribution in [-0.2, 0) is 0 Å². The van der Waals surface area contributed by atoms with Gasteiger partial charge in [0.25, 0.3) is 0 Å². The van der Waals surface area contributed by atoms with E-state index in [1.807, 2.05) is 6.07 Å². The summed E-state index contributed by atoms with van der Waals surface area (Å²) in [6.07, 6.45) is 5.20. The summed E-state index contributed by atoms with van der Waals surface area (Å²) in [7, 11) is 0. The molecule has 1 aliphatic carbocycles. The van der Waals surface area contributed by atoms with Crippen molar-refractivity contribution in [2.75, 3.05) is 0 Å². The van der Waals surface area contributed by atoms with Crippen LogP contribution in [0, 0.1) is 17.7 Å². The van der Waals surface area contributed by atoms with Crippen LogP contribution in [0.5, 0.6) is 0 Å². The highest BCUT2D eigenvalue weighted by molar-refractivity contribution is 5.19. The topological polar surface area (TPSA) is 12.0 Å². The Labute approximate surface area is 116 Å². The summed E-state index contributed by atoms with van der Waals surface area (Å²) in [4.78, 5) is 0. The summed E-state index contributed by atoms with van der Waals surface area (Å²) in [5.74, 6) is 1.47. The molecule has 1 aromatic rings. The molecule has 3 atom stereocenters. The van der Waals surface area contributed by atoms with Crippen molar-refractivity contribution in [1.29, 1.82) is 0 Å². The Morgan fingerprint density at radius 2 is 2.00 bits per heavy atom. The SMILES string of the molecule is CC(C)C1CCCC(N[C@H](C)c2cccc(F)c2)C1. The van der Waals surface area contributed by atoms with Crippen LogP contribution in [0.1, 0.15) is 58.1 Å². The molecule has 2 unspecified atom stereocenters. The van der Waals surface area contributed by atoms with Gasteiger partial charge in [0.05, 0.1) is 0 Å². The minimum Gasteiger partial charge on any atom is -0.307 e. The Kier molecular flexibility index (Phi) is 4.98. The lowest BCUT2D eigenvalue weighted by Gasteiger charge is -2.34. The van der Waals surface area contributed by atoms with E-state index in [0.717, 1.165) is 17.4 Å². The van der Waals surface area contributed by atoms with Crippen LogP contribution in [0.2, 0.25) is 0 Å². The van der Waals surface area contributed by atoms with E-state index < -0.39 is 0 Å². The van der Waals surface area contributed by atoms with Gasteiger partial charge in [-0.2, -0.15) is 0 Å². The average molecular weight is 263 g/mol. The molecule has 0 heterocycles. The van der Waals surface area contributed by atoms with Gasteiger partial charge in [-0.3, -0.25) is 0 Å². The fraction of sp³-hybridized carbons (Fsp3) is 0.647. The van der Waals surface area contributed by atoms with E-state index in [2.05, 4.69) is 26.1 Å². The van der Waals surface area contributed by atoms with Crippen LogP contribution in [0.3, 0.4) is 0 Å². The van der Waals surface area contributed by atoms with Gasteiger partial charge in [0.2, 0.25) is 0 Å². The molecule has 0 radical (unpaired) electrons. The van der Waals surface area contributed by atoms with Gasteiger partial charge >= 0.3 is 0 Å². The number of benzene rings is 1. The quantitative estimate of drug-likeness (QED) is 0.831. The van der Waals surface area contributed by atoms with E-state index >= 15 is 0 Å². The zero-order chi connectivity index (χ0) is 13.8. The van der Waals surface area contributed by atoms with Crippen molar-refractivity contribution >= 4 is 0 Å². The van der Waals surface area contributed by atoms with E-state index in [0.29, 0.717) is 6.04 Å². The molecule has 0 saturated heterocycles. The zero-order valence-electron chi connectivity index (χ0n) is 12.3. The maximum absolute atomic E-state index is 13.2. The standard InChI is InChI=1S/C17H26FN/c1-12(2)14-6-5-9-17(11-14)19-13(3)15-7-4-8-16(18)10-15/h4,7-8,10,12-14,17,19H,5-6,9,11H2,1-3H3/t13-,14?,17?/m1/s1. The Balaban J connectivity index is 1.93. The third-order valence-corrected chi connectivity index (χ3v) is 4.49. The number of nitrogens with one attached hydrogen (secondary N) is 1. The zero-order valence-corrected chi connectivity index (χ0v) is 12.3. The van der Waals surface area contributed by atoms with Gasteiger partial charge < -0.3 is 5.32 Å². The molecule has 1 nitrogen and oxygen atoms in total. The van der Waals surface area contributed by atoms with Gasteiger partial charge in [-0.15, -0.1) is 0 Å². The first kappa shape index (κ1) is 14.5. The Hall–Kier alpha value is -0.890. The van der Waals surface area contributed by atoms with E-state index in [1.54, 1.807) is 12.1 Å². The monoisotopic (exact) mass is 263 g/mol. The summed E-state index contributed by atoms with van der Waals surface area (Å²) in [5, 5.41) is 3.68. The largest absolute Gasteiger partial charge is 0.307 e. The van der Waals surface area contributed by atoms with Crippen molar-refractivity contribution in [3.05, 3.63) is 35.6 Å². The first-order valence-corrected chi connectivity index (χ1v) is 7.57. The predicted molar refractivity (Wildman–Crippen MR) is 78.5 cm³/mol. The highest BCUT2D eigenvalue weighted by Crippen LogP contribution is 2.31. The molecule has 106 valence electrons. The Morgan fingerprint density at radius 3 is 2.68 bits per heavy atom. The first-order valence-electron chi connectivity index (χ1n) is 7.57. The lowest BCUT2D eigenvalue weighted by molar-refractivity contribution is 0.223. The van der Waals surface area contributed by atoms with Gasteiger partial charge in [-0.1, -0.05) is 38.8 Å². The smallest absolute Gasteiger partial charge is 0.123 e. The van der Waals surface area contributed by atoms with Crippen LogP contribution in [-0.4, -0.2) is 6.04 Å². The molecule has 1 aromatic carbocycles. The molecule has 19 heavy (non-hydrogen) atoms. The molecular weight excluding hydrogens is 237 g/mol. The number of hydrogen-bond acceptors (Lipinski definition) is 1. The second-order valence-corrected chi connectivity index (χ2v) is 6.31. The molecule has 1 saturated carbocycles. The minimum absolute atomic E-state index is 0.144. The third-order valence-electron chi connectivity index (χ3n) is 4.49. The maximum Gasteiger partial charge on any atom is 0.123 e. The summed E-state index contributed by atoms with van der Waals surface area (Å²) in [5.41, 5.74) is 1.05. The van der Waals surface area contributed by atoms with Crippen molar-refractivity contribution < 1.29 is 4.39 Å². The van der Waals surface area contributed by atoms with Crippen molar-refractivity contribution in [1.82, 2.24) is 5.32 Å². The van der Waals surface area contributed by atoms with E-state index in [9.17, 15) is 4.39 Å². The van der Waals surface area contributed by atoms with Crippen molar-refractivity contribution in [3.63, 3.8) is 0 Å². The highest BCUT2D eigenvalue weighted by atomic mass is 19.1. The van der Waals surface area contributed by atoms with Crippen LogP contribution >= 0.6 is 0 Å². The van der Waals surface area contributed by atoms with Crippen molar-refractivity contribution in [3.8, 4) is 0 Å². The van der Waals surface area contributed by atoms with Crippen molar-refractivity contribution in [2.24, 2.45) is 11.8 Å². The highest BCUT2D eigenvalue weighted by Gasteiger charge is 2.25. The summed E-state index contributed by atoms with van der Waals surface area (Å²) < 4.78 is 13.2. The number of rotatable bonds is 4. The third kappa shape index (κ3) is 4.04. The van der Waals surface area contributed by atoms with Crippen LogP contribution in [0.25, 0.3) is 0 Å². The second-order valence-electron chi connectivity index (χ2n) is 6.31. The fourth-order valence-electron chi connectivity index (χ4n) is 3.21. The normalized spacial score (nSPS) is 25.5.